The van der Waals surface area contributed by atoms with Gasteiger partial charge in [-0.15, -0.1) is 10.2 Å². The molecule has 158 valence electrons. The Bertz CT molecular complexity index is 1030. The van der Waals surface area contributed by atoms with Gasteiger partial charge >= 0.3 is 0 Å². The molecule has 1 N–H and O–H groups in total. The molecular formula is C21H23FN4O3S. The van der Waals surface area contributed by atoms with Crippen molar-refractivity contribution >= 4 is 23.4 Å². The quantitative estimate of drug-likeness (QED) is 0.518. The average molecular weight is 431 g/mol. The van der Waals surface area contributed by atoms with Gasteiger partial charge in [0.1, 0.15) is 12.4 Å². The number of anilines is 1. The molecule has 0 aliphatic heterocycles. The lowest BCUT2D eigenvalue weighted by molar-refractivity contribution is -0.113. The normalized spacial score (nSPS) is 10.7. The number of hydrogen-bond donors (Lipinski definition) is 1. The Kier molecular flexibility index (Phi) is 7.29. The highest BCUT2D eigenvalue weighted by molar-refractivity contribution is 7.99. The molecule has 1 amide bonds. The number of ether oxygens (including phenoxy) is 2. The van der Waals surface area contributed by atoms with Crippen LogP contribution in [0.4, 0.5) is 10.1 Å². The van der Waals surface area contributed by atoms with Gasteiger partial charge in [0, 0.05) is 7.05 Å². The van der Waals surface area contributed by atoms with Crippen molar-refractivity contribution in [2.75, 3.05) is 17.7 Å². The lowest BCUT2D eigenvalue weighted by Crippen LogP contribution is -2.15. The zero-order valence-corrected chi connectivity index (χ0v) is 17.8. The number of benzene rings is 2. The van der Waals surface area contributed by atoms with E-state index in [1.165, 1.54) is 23.9 Å². The molecule has 1 heterocycles. The third-order valence-corrected chi connectivity index (χ3v) is 5.18. The molecule has 0 aliphatic carbocycles. The molecule has 0 radical (unpaired) electrons. The molecule has 0 unspecified atom stereocenters. The fourth-order valence-corrected chi connectivity index (χ4v) is 3.35. The fraction of sp³-hybridized carbons (Fsp3) is 0.286. The topological polar surface area (TPSA) is 78.3 Å². The van der Waals surface area contributed by atoms with E-state index in [0.29, 0.717) is 29.1 Å². The Hall–Kier alpha value is -3.07. The number of thioether (sulfide) groups is 1. The van der Waals surface area contributed by atoms with Gasteiger partial charge in [0.15, 0.2) is 22.5 Å². The van der Waals surface area contributed by atoms with Gasteiger partial charge in [-0.2, -0.15) is 0 Å². The van der Waals surface area contributed by atoms with Crippen LogP contribution in [0.1, 0.15) is 18.3 Å². The third-order valence-electron chi connectivity index (χ3n) is 4.16. The van der Waals surface area contributed by atoms with Crippen LogP contribution in [0.3, 0.4) is 0 Å². The van der Waals surface area contributed by atoms with Crippen LogP contribution in [-0.2, 0) is 18.4 Å². The minimum Gasteiger partial charge on any atom is -0.490 e. The summed E-state index contributed by atoms with van der Waals surface area (Å²) in [5, 5.41) is 11.3. The highest BCUT2D eigenvalue weighted by Gasteiger charge is 2.14. The number of hydrogen-bond acceptors (Lipinski definition) is 6. The molecule has 3 aromatic rings. The number of aryl methyl sites for hydroxylation is 1. The van der Waals surface area contributed by atoms with E-state index >= 15 is 0 Å². The smallest absolute Gasteiger partial charge is 0.234 e. The number of aromatic nitrogens is 3. The molecule has 0 saturated heterocycles. The molecule has 0 aliphatic rings. The summed E-state index contributed by atoms with van der Waals surface area (Å²) in [6.07, 6.45) is 0. The average Bonchev–Trinajstić information content (AvgIpc) is 3.07. The summed E-state index contributed by atoms with van der Waals surface area (Å²) < 4.78 is 26.9. The fourth-order valence-electron chi connectivity index (χ4n) is 2.62. The molecule has 0 atom stereocenters. The van der Waals surface area contributed by atoms with E-state index < -0.39 is 5.82 Å². The molecule has 0 fully saturated rings. The maximum Gasteiger partial charge on any atom is 0.234 e. The number of rotatable bonds is 9. The van der Waals surface area contributed by atoms with Crippen LogP contribution in [0.15, 0.2) is 47.6 Å². The molecular weight excluding hydrogens is 407 g/mol. The SMILES string of the molecule is CCOc1cc(C)ccc1OCc1nnc(SCC(=O)Nc2ccccc2F)n1C. The second kappa shape index (κ2) is 10.1. The van der Waals surface area contributed by atoms with Crippen molar-refractivity contribution in [2.45, 2.75) is 25.6 Å². The van der Waals surface area contributed by atoms with E-state index in [-0.39, 0.29) is 24.0 Å². The van der Waals surface area contributed by atoms with Gasteiger partial charge < -0.3 is 19.4 Å². The van der Waals surface area contributed by atoms with Crippen molar-refractivity contribution in [3.8, 4) is 11.5 Å². The number of nitrogens with zero attached hydrogens (tertiary/aromatic N) is 3. The Morgan fingerprint density at radius 3 is 2.73 bits per heavy atom. The highest BCUT2D eigenvalue weighted by Crippen LogP contribution is 2.29. The second-order valence-corrected chi connectivity index (χ2v) is 7.39. The second-order valence-electron chi connectivity index (χ2n) is 6.45. The first-order valence-electron chi connectivity index (χ1n) is 9.39. The predicted octanol–water partition coefficient (Wildman–Crippen LogP) is 3.97. The summed E-state index contributed by atoms with van der Waals surface area (Å²) in [4.78, 5) is 12.1. The summed E-state index contributed by atoms with van der Waals surface area (Å²) in [6, 6.07) is 11.8. The molecule has 9 heteroatoms. The van der Waals surface area contributed by atoms with Crippen molar-refractivity contribution in [1.82, 2.24) is 14.8 Å². The van der Waals surface area contributed by atoms with Gasteiger partial charge in [-0.05, 0) is 43.7 Å². The van der Waals surface area contributed by atoms with Crippen molar-refractivity contribution in [3.63, 3.8) is 0 Å². The van der Waals surface area contributed by atoms with Crippen molar-refractivity contribution in [3.05, 3.63) is 59.7 Å². The van der Waals surface area contributed by atoms with Gasteiger partial charge in [0.05, 0.1) is 18.0 Å². The van der Waals surface area contributed by atoms with E-state index in [1.54, 1.807) is 23.7 Å². The van der Waals surface area contributed by atoms with Gasteiger partial charge in [0.25, 0.3) is 0 Å². The summed E-state index contributed by atoms with van der Waals surface area (Å²) in [6.45, 7) is 4.65. The zero-order chi connectivity index (χ0) is 21.5. The number of nitrogens with one attached hydrogen (secondary N) is 1. The number of carbonyl (C=O) groups excluding carboxylic acids is 1. The van der Waals surface area contributed by atoms with Crippen molar-refractivity contribution in [1.29, 1.82) is 0 Å². The van der Waals surface area contributed by atoms with E-state index in [9.17, 15) is 9.18 Å². The zero-order valence-electron chi connectivity index (χ0n) is 17.0. The Balaban J connectivity index is 1.57. The van der Waals surface area contributed by atoms with Crippen LogP contribution in [0.5, 0.6) is 11.5 Å². The molecule has 1 aromatic heterocycles. The van der Waals surface area contributed by atoms with Crippen LogP contribution >= 0.6 is 11.8 Å². The van der Waals surface area contributed by atoms with Gasteiger partial charge in [-0.25, -0.2) is 4.39 Å². The maximum absolute atomic E-state index is 13.6. The predicted molar refractivity (Wildman–Crippen MR) is 113 cm³/mol. The van der Waals surface area contributed by atoms with Crippen molar-refractivity contribution in [2.24, 2.45) is 7.05 Å². The molecule has 7 nitrogen and oxygen atoms in total. The number of halogens is 1. The summed E-state index contributed by atoms with van der Waals surface area (Å²) >= 11 is 1.21. The molecule has 0 saturated carbocycles. The van der Waals surface area contributed by atoms with Crippen LogP contribution in [0.2, 0.25) is 0 Å². The molecule has 30 heavy (non-hydrogen) atoms. The lowest BCUT2D eigenvalue weighted by Gasteiger charge is -2.12. The lowest BCUT2D eigenvalue weighted by atomic mass is 10.2. The summed E-state index contributed by atoms with van der Waals surface area (Å²) in [7, 11) is 1.80. The minimum atomic E-state index is -0.475. The summed E-state index contributed by atoms with van der Waals surface area (Å²) in [5.41, 5.74) is 1.23. The number of para-hydroxylation sites is 1. The van der Waals surface area contributed by atoms with Gasteiger partial charge in [-0.1, -0.05) is 30.0 Å². The first-order valence-corrected chi connectivity index (χ1v) is 10.4. The van der Waals surface area contributed by atoms with E-state index in [1.807, 2.05) is 32.0 Å². The number of carbonyl (C=O) groups is 1. The first-order chi connectivity index (χ1) is 14.5. The maximum atomic E-state index is 13.6. The van der Waals surface area contributed by atoms with Gasteiger partial charge in [-0.3, -0.25) is 4.79 Å². The number of amides is 1. The van der Waals surface area contributed by atoms with E-state index in [0.717, 1.165) is 5.56 Å². The van der Waals surface area contributed by atoms with Crippen LogP contribution in [0, 0.1) is 12.7 Å². The Labute approximate surface area is 178 Å². The van der Waals surface area contributed by atoms with E-state index in [4.69, 9.17) is 9.47 Å². The van der Waals surface area contributed by atoms with Crippen LogP contribution in [0.25, 0.3) is 0 Å². The molecule has 2 aromatic carbocycles. The van der Waals surface area contributed by atoms with Crippen LogP contribution < -0.4 is 14.8 Å². The van der Waals surface area contributed by atoms with Crippen molar-refractivity contribution < 1.29 is 18.7 Å². The summed E-state index contributed by atoms with van der Waals surface area (Å²) in [5.74, 6) is 1.19. The standard InChI is InChI=1S/C21H23FN4O3S/c1-4-28-18-11-14(2)9-10-17(18)29-12-19-24-25-21(26(19)3)30-13-20(27)23-16-8-6-5-7-15(16)22/h5-11H,4,12-13H2,1-3H3,(H,23,27). The Morgan fingerprint density at radius 1 is 1.17 bits per heavy atom. The minimum absolute atomic E-state index is 0.0770. The highest BCUT2D eigenvalue weighted by atomic mass is 32.2. The third kappa shape index (κ3) is 5.50. The first kappa shape index (κ1) is 21.6. The largest absolute Gasteiger partial charge is 0.490 e. The molecule has 3 rings (SSSR count). The van der Waals surface area contributed by atoms with Gasteiger partial charge in [0.2, 0.25) is 5.91 Å². The molecule has 0 spiro atoms. The van der Waals surface area contributed by atoms with Crippen LogP contribution in [-0.4, -0.2) is 33.0 Å². The molecule has 0 bridgehead atoms. The Morgan fingerprint density at radius 2 is 1.97 bits per heavy atom. The van der Waals surface area contributed by atoms with E-state index in [2.05, 4.69) is 15.5 Å². The monoisotopic (exact) mass is 430 g/mol.